The van der Waals surface area contributed by atoms with E-state index < -0.39 is 22.1 Å². The number of likely N-dealkylation sites (N-methyl/N-ethyl adjacent to an activating group) is 1. The first kappa shape index (κ1) is 19.6. The van der Waals surface area contributed by atoms with Gasteiger partial charge in [0.25, 0.3) is 5.91 Å². The number of carbonyl (C=O) groups is 2. The number of hydrogen-bond acceptors (Lipinski definition) is 6. The van der Waals surface area contributed by atoms with Crippen LogP contribution in [0.15, 0.2) is 29.2 Å². The molecule has 24 heavy (non-hydrogen) atoms. The van der Waals surface area contributed by atoms with Crippen LogP contribution in [0.5, 0.6) is 0 Å². The van der Waals surface area contributed by atoms with Gasteiger partial charge in [0.2, 0.25) is 10.0 Å². The highest BCUT2D eigenvalue weighted by Gasteiger charge is 2.21. The maximum atomic E-state index is 12.0. The summed E-state index contributed by atoms with van der Waals surface area (Å²) >= 11 is 0. The molecule has 0 aliphatic carbocycles. The van der Waals surface area contributed by atoms with Gasteiger partial charge >= 0.3 is 5.97 Å². The molecule has 1 rings (SSSR count). The largest absolute Gasteiger partial charge is 0.449 e. The smallest absolute Gasteiger partial charge is 0.338 e. The van der Waals surface area contributed by atoms with E-state index in [4.69, 9.17) is 10.00 Å². The van der Waals surface area contributed by atoms with Gasteiger partial charge in [0.05, 0.1) is 16.5 Å². The van der Waals surface area contributed by atoms with Crippen LogP contribution in [-0.2, 0) is 19.6 Å². The summed E-state index contributed by atoms with van der Waals surface area (Å²) < 4.78 is 31.2. The predicted molar refractivity (Wildman–Crippen MR) is 85.4 cm³/mol. The van der Waals surface area contributed by atoms with Gasteiger partial charge in [0.1, 0.15) is 0 Å². The fourth-order valence-electron chi connectivity index (χ4n) is 1.74. The molecule has 0 saturated carbocycles. The number of nitrogens with one attached hydrogen (secondary N) is 1. The molecule has 130 valence electrons. The molecular weight excluding hydrogens is 334 g/mol. The molecule has 0 unspecified atom stereocenters. The van der Waals surface area contributed by atoms with Crippen LogP contribution >= 0.6 is 0 Å². The van der Waals surface area contributed by atoms with Crippen LogP contribution < -0.4 is 4.72 Å². The lowest BCUT2D eigenvalue weighted by molar-refractivity contribution is -0.137. The molecule has 1 N–H and O–H groups in total. The van der Waals surface area contributed by atoms with Crippen LogP contribution in [0.1, 0.15) is 23.7 Å². The third kappa shape index (κ3) is 5.33. The fourth-order valence-corrected chi connectivity index (χ4v) is 2.77. The Kier molecular flexibility index (Phi) is 6.88. The average molecular weight is 353 g/mol. The second kappa shape index (κ2) is 8.42. The Morgan fingerprint density at radius 1 is 1.29 bits per heavy atom. The van der Waals surface area contributed by atoms with E-state index in [1.807, 2.05) is 6.07 Å². The van der Waals surface area contributed by atoms with Crippen molar-refractivity contribution in [2.24, 2.45) is 0 Å². The van der Waals surface area contributed by atoms with Crippen LogP contribution in [0.3, 0.4) is 0 Å². The van der Waals surface area contributed by atoms with Crippen molar-refractivity contribution >= 4 is 21.9 Å². The zero-order valence-electron chi connectivity index (χ0n) is 13.6. The van der Waals surface area contributed by atoms with Crippen molar-refractivity contribution in [2.75, 3.05) is 20.6 Å². The molecule has 0 bridgehead atoms. The Morgan fingerprint density at radius 3 is 2.38 bits per heavy atom. The second-order valence-corrected chi connectivity index (χ2v) is 6.88. The molecule has 1 aromatic rings. The van der Waals surface area contributed by atoms with Crippen molar-refractivity contribution in [3.63, 3.8) is 0 Å². The number of nitriles is 1. The van der Waals surface area contributed by atoms with E-state index in [2.05, 4.69) is 4.72 Å². The first-order valence-corrected chi connectivity index (χ1v) is 8.56. The van der Waals surface area contributed by atoms with E-state index in [0.717, 1.165) is 0 Å². The van der Waals surface area contributed by atoms with Crippen molar-refractivity contribution in [1.82, 2.24) is 9.62 Å². The summed E-state index contributed by atoms with van der Waals surface area (Å²) in [6.07, 6.45) is -0.884. The molecule has 0 aromatic heterocycles. The van der Waals surface area contributed by atoms with Gasteiger partial charge in [-0.05, 0) is 31.2 Å². The van der Waals surface area contributed by atoms with E-state index in [1.54, 1.807) is 14.1 Å². The number of rotatable bonds is 7. The number of esters is 1. The number of amides is 1. The van der Waals surface area contributed by atoms with E-state index in [0.29, 0.717) is 0 Å². The van der Waals surface area contributed by atoms with Crippen LogP contribution in [0.4, 0.5) is 0 Å². The molecule has 0 saturated heterocycles. The number of sulfonamides is 1. The Bertz CT molecular complexity index is 735. The van der Waals surface area contributed by atoms with Crippen molar-refractivity contribution in [3.05, 3.63) is 29.8 Å². The van der Waals surface area contributed by atoms with Crippen molar-refractivity contribution in [1.29, 1.82) is 5.26 Å². The van der Waals surface area contributed by atoms with E-state index in [1.165, 1.54) is 36.1 Å². The second-order valence-electron chi connectivity index (χ2n) is 5.11. The molecule has 0 spiro atoms. The van der Waals surface area contributed by atoms with E-state index >= 15 is 0 Å². The van der Waals surface area contributed by atoms with Gasteiger partial charge in [0, 0.05) is 27.1 Å². The highest BCUT2D eigenvalue weighted by atomic mass is 32.2. The summed E-state index contributed by atoms with van der Waals surface area (Å²) in [6, 6.07) is 6.94. The van der Waals surface area contributed by atoms with Crippen LogP contribution in [0.25, 0.3) is 0 Å². The molecule has 1 atom stereocenters. The van der Waals surface area contributed by atoms with Gasteiger partial charge in [-0.1, -0.05) is 0 Å². The molecule has 0 fully saturated rings. The SMILES string of the molecule is C[C@@H](OC(=O)c1ccc(S(=O)(=O)NCCC#N)cc1)C(=O)N(C)C. The standard InChI is InChI=1S/C15H19N3O5S/c1-11(14(19)18(2)3)23-15(20)12-5-7-13(8-6-12)24(21,22)17-10-4-9-16/h5-8,11,17H,4,10H2,1-3H3/t11-/m1/s1. The van der Waals surface area contributed by atoms with Gasteiger partial charge in [-0.2, -0.15) is 5.26 Å². The first-order valence-electron chi connectivity index (χ1n) is 7.08. The van der Waals surface area contributed by atoms with Crippen molar-refractivity contribution in [2.45, 2.75) is 24.3 Å². The first-order chi connectivity index (χ1) is 11.2. The highest BCUT2D eigenvalue weighted by molar-refractivity contribution is 7.89. The zero-order chi connectivity index (χ0) is 18.3. The summed E-state index contributed by atoms with van der Waals surface area (Å²) in [7, 11) is -0.642. The molecular formula is C15H19N3O5S. The minimum Gasteiger partial charge on any atom is -0.449 e. The Labute approximate surface area is 141 Å². The van der Waals surface area contributed by atoms with Gasteiger partial charge in [0.15, 0.2) is 6.10 Å². The lowest BCUT2D eigenvalue weighted by Crippen LogP contribution is -2.34. The van der Waals surface area contributed by atoms with Gasteiger partial charge in [-0.25, -0.2) is 17.9 Å². The molecule has 0 radical (unpaired) electrons. The summed E-state index contributed by atoms with van der Waals surface area (Å²) in [5, 5.41) is 8.41. The number of hydrogen-bond donors (Lipinski definition) is 1. The van der Waals surface area contributed by atoms with E-state index in [-0.39, 0.29) is 29.3 Å². The number of nitrogens with zero attached hydrogens (tertiary/aromatic N) is 2. The van der Waals surface area contributed by atoms with E-state index in [9.17, 15) is 18.0 Å². The molecule has 0 aliphatic rings. The van der Waals surface area contributed by atoms with Crippen molar-refractivity contribution in [3.8, 4) is 6.07 Å². The monoisotopic (exact) mass is 353 g/mol. The molecule has 1 aromatic carbocycles. The fraction of sp³-hybridized carbons (Fsp3) is 0.400. The van der Waals surface area contributed by atoms with Crippen LogP contribution in [0, 0.1) is 11.3 Å². The summed E-state index contributed by atoms with van der Waals surface area (Å²) in [4.78, 5) is 24.9. The predicted octanol–water partition coefficient (Wildman–Crippen LogP) is 0.512. The normalized spacial score (nSPS) is 12.1. The summed E-state index contributed by atoms with van der Waals surface area (Å²) in [5.74, 6) is -1.08. The van der Waals surface area contributed by atoms with Gasteiger partial charge in [-0.15, -0.1) is 0 Å². The molecule has 8 nitrogen and oxygen atoms in total. The summed E-state index contributed by atoms with van der Waals surface area (Å²) in [5.41, 5.74) is 0.129. The van der Waals surface area contributed by atoms with Gasteiger partial charge in [-0.3, -0.25) is 4.79 Å². The maximum absolute atomic E-state index is 12.0. The van der Waals surface area contributed by atoms with Gasteiger partial charge < -0.3 is 9.64 Å². The quantitative estimate of drug-likeness (QED) is 0.564. The topological polar surface area (TPSA) is 117 Å². The lowest BCUT2D eigenvalue weighted by Gasteiger charge is -2.17. The minimum atomic E-state index is -3.74. The average Bonchev–Trinajstić information content (AvgIpc) is 2.54. The lowest BCUT2D eigenvalue weighted by atomic mass is 10.2. The molecule has 0 aliphatic heterocycles. The van der Waals surface area contributed by atoms with Crippen LogP contribution in [0.2, 0.25) is 0 Å². The Balaban J connectivity index is 2.79. The zero-order valence-corrected chi connectivity index (χ0v) is 14.5. The molecule has 9 heteroatoms. The molecule has 1 amide bonds. The number of carbonyl (C=O) groups excluding carboxylic acids is 2. The minimum absolute atomic E-state index is 0.00673. The third-order valence-corrected chi connectivity index (χ3v) is 4.48. The third-order valence-electron chi connectivity index (χ3n) is 3.00. The number of benzene rings is 1. The maximum Gasteiger partial charge on any atom is 0.338 e. The highest BCUT2D eigenvalue weighted by Crippen LogP contribution is 2.12. The molecule has 0 heterocycles. The van der Waals surface area contributed by atoms with Crippen LogP contribution in [-0.4, -0.2) is 51.9 Å². The van der Waals surface area contributed by atoms with Crippen molar-refractivity contribution < 1.29 is 22.7 Å². The number of ether oxygens (including phenoxy) is 1. The summed E-state index contributed by atoms with van der Waals surface area (Å²) in [6.45, 7) is 1.46. The Hall–Kier alpha value is -2.44. The Morgan fingerprint density at radius 2 is 1.88 bits per heavy atom.